The molecule has 2 rings (SSSR count). The van der Waals surface area contributed by atoms with Crippen LogP contribution in [0.3, 0.4) is 0 Å². The molecule has 4 heteroatoms. The standard InChI is InChI=1S/C10H14O4/c1-2-10(5-7(12)13)4-3-6(11)8-9(10)14-8/h8-9H,2-5H2,1H3,(H,12,13)/t8-,9-,10+/m1/s1. The van der Waals surface area contributed by atoms with Gasteiger partial charge in [0.1, 0.15) is 6.10 Å². The summed E-state index contributed by atoms with van der Waals surface area (Å²) in [4.78, 5) is 22.0. The van der Waals surface area contributed by atoms with Crippen LogP contribution in [0.25, 0.3) is 0 Å². The van der Waals surface area contributed by atoms with Crippen LogP contribution in [0.5, 0.6) is 0 Å². The zero-order chi connectivity index (χ0) is 10.3. The number of fused-ring (bicyclic) bond motifs is 1. The van der Waals surface area contributed by atoms with Gasteiger partial charge in [0, 0.05) is 11.8 Å². The first-order valence-electron chi connectivity index (χ1n) is 4.99. The van der Waals surface area contributed by atoms with Crippen molar-refractivity contribution in [2.45, 2.75) is 44.8 Å². The quantitative estimate of drug-likeness (QED) is 0.686. The zero-order valence-corrected chi connectivity index (χ0v) is 8.16. The Hall–Kier alpha value is -0.900. The van der Waals surface area contributed by atoms with Crippen LogP contribution in [0.4, 0.5) is 0 Å². The van der Waals surface area contributed by atoms with E-state index in [1.165, 1.54) is 0 Å². The Morgan fingerprint density at radius 1 is 1.71 bits per heavy atom. The summed E-state index contributed by atoms with van der Waals surface area (Å²) in [5.74, 6) is -0.653. The summed E-state index contributed by atoms with van der Waals surface area (Å²) in [6.45, 7) is 1.97. The molecule has 1 saturated carbocycles. The minimum Gasteiger partial charge on any atom is -0.481 e. The van der Waals surface area contributed by atoms with Crippen LogP contribution in [0.1, 0.15) is 32.6 Å². The van der Waals surface area contributed by atoms with E-state index in [0.29, 0.717) is 12.8 Å². The van der Waals surface area contributed by atoms with Gasteiger partial charge in [0.25, 0.3) is 0 Å². The van der Waals surface area contributed by atoms with Crippen LogP contribution in [0.15, 0.2) is 0 Å². The normalized spacial score (nSPS) is 40.5. The summed E-state index contributed by atoms with van der Waals surface area (Å²) in [6.07, 6.45) is 1.62. The summed E-state index contributed by atoms with van der Waals surface area (Å²) in [5.41, 5.74) is -0.287. The lowest BCUT2D eigenvalue weighted by Crippen LogP contribution is -2.37. The van der Waals surface area contributed by atoms with Crippen molar-refractivity contribution in [3.63, 3.8) is 0 Å². The molecule has 3 atom stereocenters. The Labute approximate surface area is 82.2 Å². The SMILES string of the molecule is CC[C@@]1(CC(=O)O)CCC(=O)[C@H]2O[C@H]21. The summed E-state index contributed by atoms with van der Waals surface area (Å²) in [7, 11) is 0. The first kappa shape index (κ1) is 9.65. The highest BCUT2D eigenvalue weighted by molar-refractivity contribution is 5.87. The number of carboxylic acids is 1. The predicted molar refractivity (Wildman–Crippen MR) is 47.9 cm³/mol. The number of carboxylic acid groups (broad SMARTS) is 1. The third-order valence-electron chi connectivity index (χ3n) is 3.49. The average molecular weight is 198 g/mol. The van der Waals surface area contributed by atoms with Gasteiger partial charge in [-0.2, -0.15) is 0 Å². The van der Waals surface area contributed by atoms with Crippen LogP contribution in [-0.2, 0) is 14.3 Å². The molecule has 0 amide bonds. The number of hydrogen-bond acceptors (Lipinski definition) is 3. The van der Waals surface area contributed by atoms with Gasteiger partial charge in [0.2, 0.25) is 0 Å². The van der Waals surface area contributed by atoms with Gasteiger partial charge in [-0.15, -0.1) is 0 Å². The molecule has 0 unspecified atom stereocenters. The summed E-state index contributed by atoms with van der Waals surface area (Å²) in [6, 6.07) is 0. The number of rotatable bonds is 3. The van der Waals surface area contributed by atoms with Crippen LogP contribution in [0.2, 0.25) is 0 Å². The Morgan fingerprint density at radius 2 is 2.43 bits per heavy atom. The molecule has 2 aliphatic rings. The topological polar surface area (TPSA) is 66.9 Å². The zero-order valence-electron chi connectivity index (χ0n) is 8.16. The van der Waals surface area contributed by atoms with Gasteiger partial charge in [-0.25, -0.2) is 0 Å². The smallest absolute Gasteiger partial charge is 0.304 e. The molecule has 0 aromatic rings. The molecule has 14 heavy (non-hydrogen) atoms. The minimum absolute atomic E-state index is 0.121. The second-order valence-electron chi connectivity index (χ2n) is 4.23. The van der Waals surface area contributed by atoms with Crippen LogP contribution < -0.4 is 0 Å². The molecular formula is C10H14O4. The molecule has 0 aromatic heterocycles. The maximum absolute atomic E-state index is 11.3. The Morgan fingerprint density at radius 3 is 3.00 bits per heavy atom. The van der Waals surface area contributed by atoms with Crippen LogP contribution in [-0.4, -0.2) is 29.1 Å². The van der Waals surface area contributed by atoms with E-state index >= 15 is 0 Å². The maximum Gasteiger partial charge on any atom is 0.304 e. The molecule has 0 radical (unpaired) electrons. The average Bonchev–Trinajstić information content (AvgIpc) is 2.90. The molecule has 4 nitrogen and oxygen atoms in total. The highest BCUT2D eigenvalue weighted by atomic mass is 16.6. The molecule has 78 valence electrons. The largest absolute Gasteiger partial charge is 0.481 e. The number of hydrogen-bond donors (Lipinski definition) is 1. The minimum atomic E-state index is -0.796. The monoisotopic (exact) mass is 198 g/mol. The van der Waals surface area contributed by atoms with Gasteiger partial charge in [-0.1, -0.05) is 6.92 Å². The van der Waals surface area contributed by atoms with Gasteiger partial charge >= 0.3 is 5.97 Å². The van der Waals surface area contributed by atoms with E-state index in [0.717, 1.165) is 6.42 Å². The molecule has 1 N–H and O–H groups in total. The lowest BCUT2D eigenvalue weighted by Gasteiger charge is -2.31. The maximum atomic E-state index is 11.3. The fourth-order valence-electron chi connectivity index (χ4n) is 2.47. The number of epoxide rings is 1. The second-order valence-corrected chi connectivity index (χ2v) is 4.23. The molecule has 1 saturated heterocycles. The van der Waals surface area contributed by atoms with Gasteiger partial charge in [0.05, 0.1) is 12.5 Å². The summed E-state index contributed by atoms with van der Waals surface area (Å²) >= 11 is 0. The van der Waals surface area contributed by atoms with Crippen molar-refractivity contribution in [3.05, 3.63) is 0 Å². The summed E-state index contributed by atoms with van der Waals surface area (Å²) in [5, 5.41) is 8.82. The highest BCUT2D eigenvalue weighted by Gasteiger charge is 2.60. The van der Waals surface area contributed by atoms with E-state index in [1.54, 1.807) is 0 Å². The predicted octanol–water partition coefficient (Wildman–Crippen LogP) is 0.988. The molecule has 0 bridgehead atoms. The van der Waals surface area contributed by atoms with Crippen molar-refractivity contribution >= 4 is 11.8 Å². The van der Waals surface area contributed by atoms with Crippen molar-refractivity contribution < 1.29 is 19.4 Å². The molecule has 0 spiro atoms. The fraction of sp³-hybridized carbons (Fsp3) is 0.800. The van der Waals surface area contributed by atoms with E-state index in [4.69, 9.17) is 9.84 Å². The van der Waals surface area contributed by atoms with Crippen LogP contribution in [0, 0.1) is 5.41 Å². The first-order chi connectivity index (χ1) is 6.59. The molecular weight excluding hydrogens is 184 g/mol. The number of carbonyl (C=O) groups excluding carboxylic acids is 1. The second kappa shape index (κ2) is 3.05. The molecule has 1 aliphatic carbocycles. The third kappa shape index (κ3) is 1.34. The van der Waals surface area contributed by atoms with E-state index in [2.05, 4.69) is 0 Å². The number of aliphatic carboxylic acids is 1. The van der Waals surface area contributed by atoms with E-state index in [9.17, 15) is 9.59 Å². The van der Waals surface area contributed by atoms with Crippen molar-refractivity contribution in [2.75, 3.05) is 0 Å². The van der Waals surface area contributed by atoms with Gasteiger partial charge in [-0.05, 0) is 12.8 Å². The van der Waals surface area contributed by atoms with Crippen LogP contribution >= 0.6 is 0 Å². The van der Waals surface area contributed by atoms with E-state index < -0.39 is 5.97 Å². The van der Waals surface area contributed by atoms with Crippen molar-refractivity contribution in [2.24, 2.45) is 5.41 Å². The lowest BCUT2D eigenvalue weighted by atomic mass is 9.69. The van der Waals surface area contributed by atoms with Crippen molar-refractivity contribution in [1.29, 1.82) is 0 Å². The lowest BCUT2D eigenvalue weighted by molar-refractivity contribution is -0.141. The number of ketones is 1. The first-order valence-corrected chi connectivity index (χ1v) is 4.99. The Kier molecular flexibility index (Phi) is 2.10. The number of Topliss-reactive ketones (excluding diaryl/α,β-unsaturated/α-hetero) is 1. The fourth-order valence-corrected chi connectivity index (χ4v) is 2.47. The molecule has 2 fully saturated rings. The van der Waals surface area contributed by atoms with E-state index in [1.807, 2.05) is 6.92 Å². The number of ether oxygens (including phenoxy) is 1. The van der Waals surface area contributed by atoms with Crippen molar-refractivity contribution in [1.82, 2.24) is 0 Å². The molecule has 0 aromatic carbocycles. The van der Waals surface area contributed by atoms with Gasteiger partial charge in [-0.3, -0.25) is 9.59 Å². The van der Waals surface area contributed by atoms with Gasteiger partial charge in [0.15, 0.2) is 5.78 Å². The van der Waals surface area contributed by atoms with E-state index in [-0.39, 0.29) is 29.8 Å². The molecule has 1 heterocycles. The highest BCUT2D eigenvalue weighted by Crippen LogP contribution is 2.51. The summed E-state index contributed by atoms with van der Waals surface area (Å²) < 4.78 is 5.28. The van der Waals surface area contributed by atoms with Crippen molar-refractivity contribution in [3.8, 4) is 0 Å². The molecule has 1 aliphatic heterocycles. The third-order valence-corrected chi connectivity index (χ3v) is 3.49. The Bertz CT molecular complexity index is 286. The van der Waals surface area contributed by atoms with Gasteiger partial charge < -0.3 is 9.84 Å². The Balaban J connectivity index is 2.13. The number of carbonyl (C=O) groups is 2.